The first-order valence-corrected chi connectivity index (χ1v) is 9.59. The maximum atomic E-state index is 5.52. The Morgan fingerprint density at radius 2 is 1.48 bits per heavy atom. The average Bonchev–Trinajstić information content (AvgIpc) is 2.72. The summed E-state index contributed by atoms with van der Waals surface area (Å²) in [5.74, 6) is 2.07. The van der Waals surface area contributed by atoms with Gasteiger partial charge in [0.1, 0.15) is 5.82 Å². The van der Waals surface area contributed by atoms with E-state index >= 15 is 0 Å². The lowest BCUT2D eigenvalue weighted by atomic mass is 9.87. The molecular weight excluding hydrogens is 362 g/mol. The lowest BCUT2D eigenvalue weighted by molar-refractivity contribution is 0.356. The first-order valence-electron chi connectivity index (χ1n) is 9.59. The van der Waals surface area contributed by atoms with Crippen molar-refractivity contribution in [3.63, 3.8) is 0 Å². The highest BCUT2D eigenvalue weighted by molar-refractivity contribution is 6.10. The van der Waals surface area contributed by atoms with Gasteiger partial charge in [0.25, 0.3) is 0 Å². The molecule has 0 bridgehead atoms. The van der Waals surface area contributed by atoms with Crippen molar-refractivity contribution < 1.29 is 9.47 Å². The fourth-order valence-corrected chi connectivity index (χ4v) is 3.45. The summed E-state index contributed by atoms with van der Waals surface area (Å²) < 4.78 is 11.0. The van der Waals surface area contributed by atoms with E-state index in [1.165, 1.54) is 5.56 Å². The smallest absolute Gasteiger partial charge is 0.162 e. The molecule has 0 saturated heterocycles. The highest BCUT2D eigenvalue weighted by Crippen LogP contribution is 2.38. The van der Waals surface area contributed by atoms with E-state index in [0.29, 0.717) is 17.1 Å². The molecule has 2 heterocycles. The van der Waals surface area contributed by atoms with Crippen LogP contribution in [0.25, 0.3) is 21.8 Å². The van der Waals surface area contributed by atoms with Crippen LogP contribution >= 0.6 is 0 Å². The highest BCUT2D eigenvalue weighted by atomic mass is 16.5. The zero-order valence-corrected chi connectivity index (χ0v) is 17.4. The van der Waals surface area contributed by atoms with E-state index in [4.69, 9.17) is 14.5 Å². The minimum absolute atomic E-state index is 0.111. The Hall–Kier alpha value is -3.34. The third kappa shape index (κ3) is 3.56. The Kier molecular flexibility index (Phi) is 4.74. The molecule has 0 spiro atoms. The van der Waals surface area contributed by atoms with Gasteiger partial charge in [0.05, 0.1) is 14.2 Å². The molecule has 4 rings (SSSR count). The van der Waals surface area contributed by atoms with E-state index in [2.05, 4.69) is 55.3 Å². The summed E-state index contributed by atoms with van der Waals surface area (Å²) in [6.07, 6.45) is 1.75. The van der Waals surface area contributed by atoms with Gasteiger partial charge in [0.15, 0.2) is 17.1 Å². The van der Waals surface area contributed by atoms with Crippen LogP contribution in [-0.2, 0) is 5.41 Å². The molecule has 148 valence electrons. The van der Waals surface area contributed by atoms with Crippen LogP contribution in [0.1, 0.15) is 26.3 Å². The number of nitrogens with one attached hydrogen (secondary N) is 1. The van der Waals surface area contributed by atoms with Crippen molar-refractivity contribution in [3.8, 4) is 11.5 Å². The predicted octanol–water partition coefficient (Wildman–Crippen LogP) is 5.84. The summed E-state index contributed by atoms with van der Waals surface area (Å²) in [4.78, 5) is 9.24. The summed E-state index contributed by atoms with van der Waals surface area (Å²) >= 11 is 0. The lowest BCUT2D eigenvalue weighted by Gasteiger charge is -2.19. The maximum absolute atomic E-state index is 5.52. The Bertz CT molecular complexity index is 1180. The van der Waals surface area contributed by atoms with Gasteiger partial charge in [-0.15, -0.1) is 0 Å². The van der Waals surface area contributed by atoms with Crippen molar-refractivity contribution in [1.29, 1.82) is 0 Å². The molecule has 2 aromatic carbocycles. The Morgan fingerprint density at radius 1 is 0.828 bits per heavy atom. The Labute approximate surface area is 170 Å². The average molecular weight is 387 g/mol. The SMILES string of the molecule is COc1cc2c(Nc3ccc(C(C)(C)C)cc3)nc3ncccc3c2cc1OC. The number of ether oxygens (including phenoxy) is 2. The largest absolute Gasteiger partial charge is 0.493 e. The number of pyridine rings is 2. The zero-order valence-electron chi connectivity index (χ0n) is 17.4. The molecule has 0 unspecified atom stereocenters. The van der Waals surface area contributed by atoms with Crippen molar-refractivity contribution in [2.75, 3.05) is 19.5 Å². The third-order valence-corrected chi connectivity index (χ3v) is 5.09. The van der Waals surface area contributed by atoms with Crippen LogP contribution in [0.4, 0.5) is 11.5 Å². The number of fused-ring (bicyclic) bond motifs is 3. The monoisotopic (exact) mass is 387 g/mol. The second-order valence-corrected chi connectivity index (χ2v) is 8.04. The van der Waals surface area contributed by atoms with Crippen LogP contribution in [0.5, 0.6) is 11.5 Å². The number of nitrogens with zero attached hydrogens (tertiary/aromatic N) is 2. The summed E-state index contributed by atoms with van der Waals surface area (Å²) in [7, 11) is 3.28. The first-order chi connectivity index (χ1) is 13.9. The van der Waals surface area contributed by atoms with E-state index in [1.54, 1.807) is 20.4 Å². The summed E-state index contributed by atoms with van der Waals surface area (Å²) in [5.41, 5.74) is 3.05. The number of aromatic nitrogens is 2. The zero-order chi connectivity index (χ0) is 20.6. The van der Waals surface area contributed by atoms with Crippen LogP contribution in [0.15, 0.2) is 54.7 Å². The minimum Gasteiger partial charge on any atom is -0.493 e. The second-order valence-electron chi connectivity index (χ2n) is 8.04. The van der Waals surface area contributed by atoms with Gasteiger partial charge in [0.2, 0.25) is 0 Å². The van der Waals surface area contributed by atoms with Crippen LogP contribution in [0, 0.1) is 0 Å². The second kappa shape index (κ2) is 7.24. The van der Waals surface area contributed by atoms with E-state index in [0.717, 1.165) is 27.7 Å². The van der Waals surface area contributed by atoms with Gasteiger partial charge in [0, 0.05) is 28.0 Å². The van der Waals surface area contributed by atoms with Gasteiger partial charge >= 0.3 is 0 Å². The number of hydrogen-bond acceptors (Lipinski definition) is 5. The highest BCUT2D eigenvalue weighted by Gasteiger charge is 2.16. The molecule has 4 aromatic rings. The minimum atomic E-state index is 0.111. The van der Waals surface area contributed by atoms with E-state index < -0.39 is 0 Å². The maximum Gasteiger partial charge on any atom is 0.162 e. The Balaban J connectivity index is 1.88. The van der Waals surface area contributed by atoms with Crippen LogP contribution in [0.3, 0.4) is 0 Å². The van der Waals surface area contributed by atoms with E-state index in [-0.39, 0.29) is 5.41 Å². The van der Waals surface area contributed by atoms with Gasteiger partial charge in [-0.1, -0.05) is 32.9 Å². The van der Waals surface area contributed by atoms with Crippen molar-refractivity contribution in [1.82, 2.24) is 9.97 Å². The summed E-state index contributed by atoms with van der Waals surface area (Å²) in [6, 6.07) is 16.3. The topological polar surface area (TPSA) is 56.3 Å². The number of anilines is 2. The van der Waals surface area contributed by atoms with Gasteiger partial charge in [-0.2, -0.15) is 0 Å². The van der Waals surface area contributed by atoms with E-state index in [1.807, 2.05) is 24.3 Å². The molecule has 0 aliphatic carbocycles. The molecule has 2 aromatic heterocycles. The standard InChI is InChI=1S/C24H25N3O2/c1-24(2,3)15-8-10-16(11-9-15)26-23-19-14-21(29-5)20(28-4)13-18(19)17-7-6-12-25-22(17)27-23/h6-14H,1-5H3,(H,25,26,27). The van der Waals surface area contributed by atoms with E-state index in [9.17, 15) is 0 Å². The number of methoxy groups -OCH3 is 2. The van der Waals surface area contributed by atoms with Crippen molar-refractivity contribution in [2.45, 2.75) is 26.2 Å². The molecule has 5 heteroatoms. The normalized spacial score (nSPS) is 11.6. The van der Waals surface area contributed by atoms with Crippen LogP contribution in [-0.4, -0.2) is 24.2 Å². The third-order valence-electron chi connectivity index (χ3n) is 5.09. The first kappa shape index (κ1) is 19.0. The summed E-state index contributed by atoms with van der Waals surface area (Å²) in [5, 5.41) is 6.38. The number of rotatable bonds is 4. The summed E-state index contributed by atoms with van der Waals surface area (Å²) in [6.45, 7) is 6.62. The molecule has 0 amide bonds. The van der Waals surface area contributed by atoms with Gasteiger partial charge < -0.3 is 14.8 Å². The van der Waals surface area contributed by atoms with Crippen molar-refractivity contribution in [3.05, 3.63) is 60.3 Å². The lowest BCUT2D eigenvalue weighted by Crippen LogP contribution is -2.10. The molecule has 0 saturated carbocycles. The van der Waals surface area contributed by atoms with Crippen molar-refractivity contribution in [2.24, 2.45) is 0 Å². The molecule has 1 N–H and O–H groups in total. The fourth-order valence-electron chi connectivity index (χ4n) is 3.45. The molecule has 0 radical (unpaired) electrons. The van der Waals surface area contributed by atoms with Gasteiger partial charge in [-0.3, -0.25) is 0 Å². The predicted molar refractivity (Wildman–Crippen MR) is 119 cm³/mol. The molecule has 29 heavy (non-hydrogen) atoms. The fraction of sp³-hybridized carbons (Fsp3) is 0.250. The van der Waals surface area contributed by atoms with Gasteiger partial charge in [-0.25, -0.2) is 9.97 Å². The molecule has 0 atom stereocenters. The molecule has 5 nitrogen and oxygen atoms in total. The molecule has 0 aliphatic heterocycles. The number of hydrogen-bond donors (Lipinski definition) is 1. The molecular formula is C24H25N3O2. The van der Waals surface area contributed by atoms with Crippen molar-refractivity contribution >= 4 is 33.3 Å². The Morgan fingerprint density at radius 3 is 2.10 bits per heavy atom. The quantitative estimate of drug-likeness (QED) is 0.446. The van der Waals surface area contributed by atoms with Crippen LogP contribution in [0.2, 0.25) is 0 Å². The molecule has 0 aliphatic rings. The molecule has 0 fully saturated rings. The van der Waals surface area contributed by atoms with Gasteiger partial charge in [-0.05, 0) is 47.4 Å². The van der Waals surface area contributed by atoms with Crippen LogP contribution < -0.4 is 14.8 Å². The number of benzene rings is 2.